The minimum absolute atomic E-state index is 0.213. The van der Waals surface area contributed by atoms with Gasteiger partial charge < -0.3 is 0 Å². The average Bonchev–Trinajstić information content (AvgIpc) is 2.32. The summed E-state index contributed by atoms with van der Waals surface area (Å²) >= 11 is 0. The molecule has 380 valence electrons. The highest BCUT2D eigenvalue weighted by atomic mass is 14.3. The van der Waals surface area contributed by atoms with Crippen LogP contribution in [0.15, 0.2) is 291 Å². The van der Waals surface area contributed by atoms with Gasteiger partial charge in [-0.1, -0.05) is 285 Å². The Balaban J connectivity index is 0.617. The lowest BCUT2D eigenvalue weighted by Gasteiger charge is -2.30. The Morgan fingerprint density at radius 1 is 0.268 bits per heavy atom. The molecule has 0 bridgehead atoms. The highest BCUT2D eigenvalue weighted by Crippen LogP contribution is 2.49. The van der Waals surface area contributed by atoms with E-state index in [0.717, 1.165) is 6.42 Å². The van der Waals surface area contributed by atoms with Crippen molar-refractivity contribution in [3.63, 3.8) is 0 Å². The van der Waals surface area contributed by atoms with Crippen molar-refractivity contribution in [2.24, 2.45) is 0 Å². The van der Waals surface area contributed by atoms with Crippen LogP contribution in [0.1, 0.15) is 28.2 Å². The predicted molar refractivity (Wildman–Crippen MR) is 351 cm³/mol. The summed E-state index contributed by atoms with van der Waals surface area (Å²) in [6, 6.07) is 104. The number of hydrogen-bond donors (Lipinski definition) is 0. The van der Waals surface area contributed by atoms with E-state index in [1.165, 1.54) is 170 Å². The Hall–Kier alpha value is -10.4. The van der Waals surface area contributed by atoms with Gasteiger partial charge in [0.05, 0.1) is 0 Å². The molecule has 0 nitrogen and oxygen atoms in total. The van der Waals surface area contributed by atoms with Crippen molar-refractivity contribution >= 4 is 76.3 Å². The van der Waals surface area contributed by atoms with E-state index in [1.807, 2.05) is 0 Å². The number of fused-ring (bicyclic) bond motifs is 2. The van der Waals surface area contributed by atoms with Crippen molar-refractivity contribution in [1.82, 2.24) is 0 Å². The minimum atomic E-state index is 0.213. The highest BCUT2D eigenvalue weighted by Gasteiger charge is 2.28. The first-order valence-corrected chi connectivity index (χ1v) is 28.8. The van der Waals surface area contributed by atoms with E-state index in [4.69, 9.17) is 0 Å². The molecule has 2 aliphatic carbocycles. The quantitative estimate of drug-likeness (QED) is 0.133. The number of hydrogen-bond acceptors (Lipinski definition) is 0. The summed E-state index contributed by atoms with van der Waals surface area (Å²) in [5.41, 5.74) is 24.2. The van der Waals surface area contributed by atoms with Gasteiger partial charge in [0.1, 0.15) is 0 Å². The molecule has 0 aromatic heterocycles. The van der Waals surface area contributed by atoms with Crippen LogP contribution in [-0.2, 0) is 6.42 Å². The molecule has 0 heterocycles. The Morgan fingerprint density at radius 3 is 1.12 bits per heavy atom. The van der Waals surface area contributed by atoms with Gasteiger partial charge in [-0.15, -0.1) is 0 Å². The summed E-state index contributed by atoms with van der Waals surface area (Å²) in [7, 11) is 0. The Morgan fingerprint density at radius 2 is 0.634 bits per heavy atom. The monoisotopic (exact) mass is 1040 g/mol. The van der Waals surface area contributed by atoms with E-state index in [0.29, 0.717) is 0 Å². The van der Waals surface area contributed by atoms with Crippen LogP contribution in [0.3, 0.4) is 0 Å². The van der Waals surface area contributed by atoms with E-state index in [-0.39, 0.29) is 5.92 Å². The van der Waals surface area contributed by atoms with Crippen molar-refractivity contribution in [1.29, 1.82) is 0 Å². The maximum atomic E-state index is 2.48. The lowest BCUT2D eigenvalue weighted by atomic mass is 9.74. The first-order valence-electron chi connectivity index (χ1n) is 28.8. The fraction of sp³-hybridized carbons (Fsp3) is 0.0244. The summed E-state index contributed by atoms with van der Waals surface area (Å²) in [4.78, 5) is 0. The molecule has 0 heteroatoms. The smallest absolute Gasteiger partial charge is 0.0276 e. The van der Waals surface area contributed by atoms with Gasteiger partial charge in [-0.25, -0.2) is 0 Å². The van der Waals surface area contributed by atoms with Gasteiger partial charge in [-0.2, -0.15) is 0 Å². The molecule has 0 spiro atoms. The molecule has 0 aliphatic heterocycles. The van der Waals surface area contributed by atoms with E-state index < -0.39 is 0 Å². The van der Waals surface area contributed by atoms with Crippen LogP contribution < -0.4 is 0 Å². The first-order chi connectivity index (χ1) is 40.6. The maximum absolute atomic E-state index is 2.48. The van der Waals surface area contributed by atoms with Crippen LogP contribution in [-0.4, -0.2) is 0 Å². The van der Waals surface area contributed by atoms with Crippen LogP contribution in [0, 0.1) is 0 Å². The zero-order valence-corrected chi connectivity index (χ0v) is 45.1. The molecule has 0 saturated carbocycles. The minimum Gasteiger partial charge on any atom is -0.0753 e. The number of allylic oxidation sites excluding steroid dienone is 3. The van der Waals surface area contributed by atoms with Gasteiger partial charge in [-0.05, 0) is 189 Å². The molecule has 15 aromatic rings. The van der Waals surface area contributed by atoms with E-state index in [1.54, 1.807) is 0 Å². The van der Waals surface area contributed by atoms with Crippen molar-refractivity contribution in [2.45, 2.75) is 12.3 Å². The normalized spacial score (nSPS) is 13.7. The second-order valence-electron chi connectivity index (χ2n) is 22.6. The third-order valence-corrected chi connectivity index (χ3v) is 18.2. The lowest BCUT2D eigenvalue weighted by molar-refractivity contribution is 1.08. The molecule has 1 atom stereocenters. The van der Waals surface area contributed by atoms with Gasteiger partial charge in [0, 0.05) is 5.92 Å². The SMILES string of the molecule is C1=CC(c2ccc(-c3ccc4ccccc4c3)cc2)C2=CCc3ccc(-c4ccc(-c5ccc(-c6ccc(-c7ccc8ccc9c(-c%10ccc(-c%11ccc%12ccccc%12c%11)cc%10)ccc%10ccc7c8c%109)cc6)cc5)cc4)c4ccc1c2c34. The maximum Gasteiger partial charge on any atom is 0.0276 e. The summed E-state index contributed by atoms with van der Waals surface area (Å²) < 4.78 is 0. The molecular weight excluding hydrogens is 985 g/mol. The van der Waals surface area contributed by atoms with Gasteiger partial charge in [0.15, 0.2) is 0 Å². The highest BCUT2D eigenvalue weighted by molar-refractivity contribution is 6.27. The van der Waals surface area contributed by atoms with Crippen molar-refractivity contribution in [3.8, 4) is 77.9 Å². The summed E-state index contributed by atoms with van der Waals surface area (Å²) in [6.45, 7) is 0. The third-order valence-electron chi connectivity index (χ3n) is 18.2. The predicted octanol–water partition coefficient (Wildman–Crippen LogP) is 22.5. The molecule has 0 N–H and O–H groups in total. The summed E-state index contributed by atoms with van der Waals surface area (Å²) in [5, 5.41) is 15.6. The molecule has 0 saturated heterocycles. The van der Waals surface area contributed by atoms with E-state index >= 15 is 0 Å². The third kappa shape index (κ3) is 7.60. The molecule has 15 aromatic carbocycles. The van der Waals surface area contributed by atoms with Crippen LogP contribution in [0.5, 0.6) is 0 Å². The van der Waals surface area contributed by atoms with Crippen LogP contribution >= 0.6 is 0 Å². The fourth-order valence-electron chi connectivity index (χ4n) is 13.9. The van der Waals surface area contributed by atoms with Crippen molar-refractivity contribution < 1.29 is 0 Å². The molecule has 1 unspecified atom stereocenters. The van der Waals surface area contributed by atoms with Crippen LogP contribution in [0.2, 0.25) is 0 Å². The van der Waals surface area contributed by atoms with E-state index in [9.17, 15) is 0 Å². The Labute approximate surface area is 477 Å². The molecule has 17 rings (SSSR count). The van der Waals surface area contributed by atoms with Gasteiger partial charge in [0.2, 0.25) is 0 Å². The molecule has 2 aliphatic rings. The molecule has 0 fully saturated rings. The molecule has 0 radical (unpaired) electrons. The Kier molecular flexibility index (Phi) is 10.5. The number of rotatable bonds is 8. The first kappa shape index (κ1) is 46.5. The van der Waals surface area contributed by atoms with Crippen LogP contribution in [0.4, 0.5) is 0 Å². The molecular formula is C82H52. The largest absolute Gasteiger partial charge is 0.0753 e. The standard InChI is InChI=1S/C82H52/c1-3-7-67-49-69(31-21-51(67)5-1)57-17-27-61(28-18-57)73-43-35-65-37-45-75-71(41-33-63-39-47-77(73)81(65)79(63)75)59-23-13-55(14-24-59)53-9-11-54(12-10-53)56-15-25-60(26-16-56)72-42-34-64-40-48-78-74(44-36-66-38-46-76(72)80(64)82(66)78)62-29-19-58(20-30-62)70-32-22-52-6-2-4-8-68(52)50-70/h1-39,41-50,74H,40H2. The van der Waals surface area contributed by atoms with Gasteiger partial charge >= 0.3 is 0 Å². The zero-order chi connectivity index (χ0) is 53.8. The van der Waals surface area contributed by atoms with Crippen LogP contribution in [0.25, 0.3) is 154 Å². The lowest BCUT2D eigenvalue weighted by Crippen LogP contribution is -2.10. The van der Waals surface area contributed by atoms with Crippen molar-refractivity contribution in [3.05, 3.63) is 313 Å². The summed E-state index contributed by atoms with van der Waals surface area (Å²) in [6.07, 6.45) is 8.18. The molecule has 82 heavy (non-hydrogen) atoms. The zero-order valence-electron chi connectivity index (χ0n) is 45.1. The fourth-order valence-corrected chi connectivity index (χ4v) is 13.9. The summed E-state index contributed by atoms with van der Waals surface area (Å²) in [5.74, 6) is 0.213. The van der Waals surface area contributed by atoms with Gasteiger partial charge in [-0.3, -0.25) is 0 Å². The molecule has 0 amide bonds. The van der Waals surface area contributed by atoms with Gasteiger partial charge in [0.25, 0.3) is 0 Å². The topological polar surface area (TPSA) is 0 Å². The van der Waals surface area contributed by atoms with Crippen molar-refractivity contribution in [2.75, 3.05) is 0 Å². The average molecular weight is 1040 g/mol. The van der Waals surface area contributed by atoms with E-state index in [2.05, 4.69) is 297 Å². The Bertz CT molecular complexity index is 5110. The number of benzene rings is 15. The second-order valence-corrected chi connectivity index (χ2v) is 22.6. The second kappa shape index (κ2) is 18.6.